The fourth-order valence-corrected chi connectivity index (χ4v) is 1.89. The van der Waals surface area contributed by atoms with Crippen molar-refractivity contribution in [2.24, 2.45) is 0 Å². The van der Waals surface area contributed by atoms with Crippen LogP contribution in [0.4, 0.5) is 4.39 Å². The molecule has 1 heterocycles. The zero-order chi connectivity index (χ0) is 10.8. The Morgan fingerprint density at radius 3 is 2.80 bits per heavy atom. The molecule has 1 aromatic carbocycles. The van der Waals surface area contributed by atoms with Crippen molar-refractivity contribution < 1.29 is 13.2 Å². The van der Waals surface area contributed by atoms with Gasteiger partial charge in [-0.05, 0) is 28.8 Å². The van der Waals surface area contributed by atoms with E-state index in [-0.39, 0.29) is 4.90 Å². The number of rotatable bonds is 2. The summed E-state index contributed by atoms with van der Waals surface area (Å²) < 4.78 is 34.6. The summed E-state index contributed by atoms with van der Waals surface area (Å²) in [5, 5.41) is 0. The number of H-pyrrole nitrogens is 1. The predicted molar refractivity (Wildman–Crippen MR) is 53.4 cm³/mol. The molecule has 2 aromatic rings. The molecule has 5 heteroatoms. The Balaban J connectivity index is 2.54. The van der Waals surface area contributed by atoms with Gasteiger partial charge in [-0.3, -0.25) is 4.21 Å². The Labute approximate surface area is 88.2 Å². The van der Waals surface area contributed by atoms with Crippen molar-refractivity contribution >= 4 is 11.1 Å². The Kier molecular flexibility index (Phi) is 2.66. The van der Waals surface area contributed by atoms with Crippen LogP contribution in [0.15, 0.2) is 41.6 Å². The lowest BCUT2D eigenvalue weighted by Gasteiger charge is -2.06. The average molecular weight is 224 g/mol. The highest BCUT2D eigenvalue weighted by molar-refractivity contribution is 7.79. The summed E-state index contributed by atoms with van der Waals surface area (Å²) in [6.07, 6.45) is 2.89. The van der Waals surface area contributed by atoms with E-state index in [4.69, 9.17) is 0 Å². The van der Waals surface area contributed by atoms with Gasteiger partial charge in [0, 0.05) is 18.0 Å². The second-order valence-corrected chi connectivity index (χ2v) is 3.89. The van der Waals surface area contributed by atoms with Gasteiger partial charge in [-0.15, -0.1) is 0 Å². The maximum absolute atomic E-state index is 12.9. The van der Waals surface area contributed by atoms with Crippen LogP contribution >= 0.6 is 0 Å². The molecule has 0 aliphatic carbocycles. The summed E-state index contributed by atoms with van der Waals surface area (Å²) in [5.41, 5.74) is 1.01. The zero-order valence-corrected chi connectivity index (χ0v) is 8.38. The standard InChI is InChI=1S/C10H8FNO2S/c11-8-3-1-2-7(4-8)9-5-12-6-10(9)15(13)14/h1-6,12H,(H,13,14)/p-1. The summed E-state index contributed by atoms with van der Waals surface area (Å²) >= 11 is -2.32. The van der Waals surface area contributed by atoms with Crippen molar-refractivity contribution in [1.29, 1.82) is 0 Å². The normalized spacial score (nSPS) is 12.7. The molecule has 2 rings (SSSR count). The van der Waals surface area contributed by atoms with Crippen molar-refractivity contribution in [2.75, 3.05) is 0 Å². The maximum Gasteiger partial charge on any atom is 0.123 e. The van der Waals surface area contributed by atoms with Crippen molar-refractivity contribution in [1.82, 2.24) is 4.98 Å². The molecule has 0 amide bonds. The number of aromatic amines is 1. The second-order valence-electron chi connectivity index (χ2n) is 2.98. The summed E-state index contributed by atoms with van der Waals surface area (Å²) in [4.78, 5) is 2.82. The minimum atomic E-state index is -2.32. The fourth-order valence-electron chi connectivity index (χ4n) is 1.37. The largest absolute Gasteiger partial charge is 0.768 e. The van der Waals surface area contributed by atoms with E-state index in [0.29, 0.717) is 11.1 Å². The molecule has 1 unspecified atom stereocenters. The van der Waals surface area contributed by atoms with Gasteiger partial charge in [0.1, 0.15) is 5.82 Å². The van der Waals surface area contributed by atoms with Crippen molar-refractivity contribution in [2.45, 2.75) is 4.90 Å². The van der Waals surface area contributed by atoms with Crippen molar-refractivity contribution in [3.63, 3.8) is 0 Å². The van der Waals surface area contributed by atoms with Crippen LogP contribution in [-0.4, -0.2) is 13.7 Å². The van der Waals surface area contributed by atoms with Crippen LogP contribution in [0.3, 0.4) is 0 Å². The van der Waals surface area contributed by atoms with E-state index in [9.17, 15) is 13.2 Å². The molecule has 0 aliphatic rings. The Bertz CT molecular complexity index is 510. The lowest BCUT2D eigenvalue weighted by Crippen LogP contribution is -1.89. The average Bonchev–Trinajstić information content (AvgIpc) is 2.65. The molecular formula is C10H7FNO2S-. The van der Waals surface area contributed by atoms with E-state index >= 15 is 0 Å². The first-order chi connectivity index (χ1) is 7.18. The third-order valence-electron chi connectivity index (χ3n) is 2.02. The molecule has 0 radical (unpaired) electrons. The predicted octanol–water partition coefficient (Wildman–Crippen LogP) is 2.06. The summed E-state index contributed by atoms with van der Waals surface area (Å²) in [5.74, 6) is -0.392. The molecule has 0 bridgehead atoms. The molecule has 0 saturated heterocycles. The minimum absolute atomic E-state index is 0.139. The van der Waals surface area contributed by atoms with Crippen molar-refractivity contribution in [3.8, 4) is 11.1 Å². The van der Waals surface area contributed by atoms with Crippen LogP contribution in [-0.2, 0) is 11.1 Å². The van der Waals surface area contributed by atoms with E-state index in [1.165, 1.54) is 30.6 Å². The number of hydrogen-bond acceptors (Lipinski definition) is 2. The third-order valence-corrected chi connectivity index (χ3v) is 2.72. The van der Waals surface area contributed by atoms with Gasteiger partial charge in [0.15, 0.2) is 0 Å². The molecule has 3 nitrogen and oxygen atoms in total. The van der Waals surface area contributed by atoms with Crippen LogP contribution in [0.25, 0.3) is 11.1 Å². The number of nitrogens with one attached hydrogen (secondary N) is 1. The highest BCUT2D eigenvalue weighted by Crippen LogP contribution is 2.25. The molecule has 1 atom stereocenters. The van der Waals surface area contributed by atoms with E-state index in [2.05, 4.69) is 4.98 Å². The second kappa shape index (κ2) is 3.96. The highest BCUT2D eigenvalue weighted by Gasteiger charge is 2.07. The lowest BCUT2D eigenvalue weighted by molar-refractivity contribution is 0.537. The SMILES string of the molecule is O=S([O-])c1c[nH]cc1-c1cccc(F)c1. The van der Waals surface area contributed by atoms with E-state index in [0.717, 1.165) is 0 Å². The quantitative estimate of drug-likeness (QED) is 0.794. The lowest BCUT2D eigenvalue weighted by atomic mass is 10.1. The zero-order valence-electron chi connectivity index (χ0n) is 7.57. The first kappa shape index (κ1) is 10.1. The molecule has 1 aromatic heterocycles. The van der Waals surface area contributed by atoms with Gasteiger partial charge < -0.3 is 9.54 Å². The summed E-state index contributed by atoms with van der Waals surface area (Å²) in [6.45, 7) is 0. The molecule has 1 N–H and O–H groups in total. The number of hydrogen-bond donors (Lipinski definition) is 1. The van der Waals surface area contributed by atoms with Crippen LogP contribution in [0.2, 0.25) is 0 Å². The first-order valence-corrected chi connectivity index (χ1v) is 5.28. The van der Waals surface area contributed by atoms with Gasteiger partial charge in [0.05, 0.1) is 4.90 Å². The van der Waals surface area contributed by atoms with Crippen LogP contribution in [0.1, 0.15) is 0 Å². The van der Waals surface area contributed by atoms with Gasteiger partial charge in [-0.2, -0.15) is 0 Å². The van der Waals surface area contributed by atoms with Gasteiger partial charge >= 0.3 is 0 Å². The molecule has 15 heavy (non-hydrogen) atoms. The summed E-state index contributed by atoms with van der Waals surface area (Å²) in [6, 6.07) is 5.79. The van der Waals surface area contributed by atoms with Gasteiger partial charge in [0.2, 0.25) is 0 Å². The maximum atomic E-state index is 12.9. The monoisotopic (exact) mass is 224 g/mol. The Hall–Kier alpha value is -1.46. The van der Waals surface area contributed by atoms with Gasteiger partial charge in [-0.1, -0.05) is 12.1 Å². The van der Waals surface area contributed by atoms with E-state index in [1.807, 2.05) is 0 Å². The minimum Gasteiger partial charge on any atom is -0.768 e. The smallest absolute Gasteiger partial charge is 0.123 e. The van der Waals surface area contributed by atoms with E-state index < -0.39 is 16.9 Å². The molecule has 0 fully saturated rings. The van der Waals surface area contributed by atoms with Crippen LogP contribution in [0.5, 0.6) is 0 Å². The number of benzene rings is 1. The van der Waals surface area contributed by atoms with Crippen LogP contribution < -0.4 is 0 Å². The van der Waals surface area contributed by atoms with E-state index in [1.54, 1.807) is 6.07 Å². The van der Waals surface area contributed by atoms with Gasteiger partial charge in [-0.25, -0.2) is 4.39 Å². The molecular weight excluding hydrogens is 217 g/mol. The third kappa shape index (κ3) is 1.98. The first-order valence-electron chi connectivity index (χ1n) is 4.20. The Morgan fingerprint density at radius 2 is 2.13 bits per heavy atom. The number of aromatic nitrogens is 1. The molecule has 0 aliphatic heterocycles. The van der Waals surface area contributed by atoms with Gasteiger partial charge in [0.25, 0.3) is 0 Å². The highest BCUT2D eigenvalue weighted by atomic mass is 32.2. The topological polar surface area (TPSA) is 55.9 Å². The number of halogens is 1. The Morgan fingerprint density at radius 1 is 1.33 bits per heavy atom. The van der Waals surface area contributed by atoms with Crippen molar-refractivity contribution in [3.05, 3.63) is 42.5 Å². The molecule has 78 valence electrons. The summed E-state index contributed by atoms with van der Waals surface area (Å²) in [7, 11) is 0. The molecule has 0 saturated carbocycles. The fraction of sp³-hybridized carbons (Fsp3) is 0. The van der Waals surface area contributed by atoms with Crippen LogP contribution in [0, 0.1) is 5.82 Å². The molecule has 0 spiro atoms.